The number of hydrogen-bond donors (Lipinski definition) is 3. The molecule has 0 aliphatic carbocycles. The van der Waals surface area contributed by atoms with E-state index < -0.39 is 11.2 Å². The molecule has 0 saturated carbocycles. The van der Waals surface area contributed by atoms with Gasteiger partial charge in [-0.2, -0.15) is 11.8 Å². The minimum absolute atomic E-state index is 0.200. The third-order valence-electron chi connectivity index (χ3n) is 2.27. The Morgan fingerprint density at radius 1 is 1.33 bits per heavy atom. The molecule has 2 rings (SSSR count). The van der Waals surface area contributed by atoms with Crippen molar-refractivity contribution in [3.63, 3.8) is 0 Å². The highest BCUT2D eigenvalue weighted by Crippen LogP contribution is 2.18. The molecular weight excluding hydrogens is 216 g/mol. The number of aromatic amines is 2. The smallest absolute Gasteiger partial charge is 0.342 e. The fourth-order valence-corrected chi connectivity index (χ4v) is 2.59. The van der Waals surface area contributed by atoms with E-state index in [-0.39, 0.29) is 11.9 Å². The molecule has 1 aliphatic heterocycles. The lowest BCUT2D eigenvalue weighted by molar-refractivity contribution is 0.658. The minimum Gasteiger partial charge on any atom is -0.361 e. The first kappa shape index (κ1) is 10.3. The molecule has 2 heterocycles. The normalized spacial score (nSPS) is 17.6. The standard InChI is InChI=1S/C8H12N4O2S/c13-7-6(11-12-8(14)10-7)9-5-1-3-15-4-2-5/h5H,1-4H2,(H,9,11)(H2,10,12,13,14). The van der Waals surface area contributed by atoms with Crippen LogP contribution in [-0.4, -0.2) is 32.7 Å². The molecule has 82 valence electrons. The molecule has 1 aliphatic rings. The summed E-state index contributed by atoms with van der Waals surface area (Å²) in [5, 5.41) is 8.91. The summed E-state index contributed by atoms with van der Waals surface area (Å²) in [7, 11) is 0. The van der Waals surface area contributed by atoms with Gasteiger partial charge in [-0.1, -0.05) is 0 Å². The molecule has 1 fully saturated rings. The van der Waals surface area contributed by atoms with Crippen molar-refractivity contribution < 1.29 is 0 Å². The Bertz CT molecular complexity index is 435. The first-order chi connectivity index (χ1) is 7.25. The number of nitrogens with zero attached hydrogens (tertiary/aromatic N) is 1. The summed E-state index contributed by atoms with van der Waals surface area (Å²) >= 11 is 1.91. The summed E-state index contributed by atoms with van der Waals surface area (Å²) in [4.78, 5) is 24.2. The van der Waals surface area contributed by atoms with Crippen LogP contribution in [0.3, 0.4) is 0 Å². The van der Waals surface area contributed by atoms with Gasteiger partial charge in [-0.25, -0.2) is 9.89 Å². The van der Waals surface area contributed by atoms with E-state index in [1.807, 2.05) is 11.8 Å². The van der Waals surface area contributed by atoms with Crippen molar-refractivity contribution >= 4 is 17.6 Å². The third-order valence-corrected chi connectivity index (χ3v) is 3.32. The highest BCUT2D eigenvalue weighted by Gasteiger charge is 2.15. The van der Waals surface area contributed by atoms with Crippen molar-refractivity contribution in [2.75, 3.05) is 16.8 Å². The molecule has 0 amide bonds. The van der Waals surface area contributed by atoms with Crippen LogP contribution in [0.5, 0.6) is 0 Å². The second-order valence-electron chi connectivity index (χ2n) is 3.39. The number of rotatable bonds is 2. The van der Waals surface area contributed by atoms with Crippen molar-refractivity contribution in [2.45, 2.75) is 18.9 Å². The lowest BCUT2D eigenvalue weighted by Gasteiger charge is -2.22. The Hall–Kier alpha value is -1.24. The summed E-state index contributed by atoms with van der Waals surface area (Å²) in [6.07, 6.45) is 2.04. The van der Waals surface area contributed by atoms with Gasteiger partial charge in [0.1, 0.15) is 0 Å². The average molecular weight is 228 g/mol. The van der Waals surface area contributed by atoms with Crippen LogP contribution >= 0.6 is 11.8 Å². The Kier molecular flexibility index (Phi) is 3.10. The highest BCUT2D eigenvalue weighted by atomic mass is 32.2. The Morgan fingerprint density at radius 2 is 2.07 bits per heavy atom. The molecule has 0 radical (unpaired) electrons. The van der Waals surface area contributed by atoms with E-state index in [9.17, 15) is 9.59 Å². The molecule has 3 N–H and O–H groups in total. The van der Waals surface area contributed by atoms with E-state index in [0.29, 0.717) is 0 Å². The predicted octanol–water partition coefficient (Wildman–Crippen LogP) is -0.234. The van der Waals surface area contributed by atoms with Crippen molar-refractivity contribution in [1.82, 2.24) is 15.2 Å². The van der Waals surface area contributed by atoms with Gasteiger partial charge in [-0.3, -0.25) is 9.78 Å². The van der Waals surface area contributed by atoms with E-state index >= 15 is 0 Å². The number of hydrogen-bond acceptors (Lipinski definition) is 5. The van der Waals surface area contributed by atoms with Crippen molar-refractivity contribution in [3.8, 4) is 0 Å². The van der Waals surface area contributed by atoms with Crippen molar-refractivity contribution in [2.24, 2.45) is 0 Å². The number of anilines is 1. The van der Waals surface area contributed by atoms with E-state index in [1.165, 1.54) is 0 Å². The van der Waals surface area contributed by atoms with Gasteiger partial charge in [0.15, 0.2) is 0 Å². The maximum absolute atomic E-state index is 11.3. The second-order valence-corrected chi connectivity index (χ2v) is 4.61. The quantitative estimate of drug-likeness (QED) is 0.650. The lowest BCUT2D eigenvalue weighted by atomic mass is 10.1. The SMILES string of the molecule is O=c1[nH]nc(NC2CCSCC2)c(=O)[nH]1. The number of H-pyrrole nitrogens is 2. The maximum Gasteiger partial charge on any atom is 0.342 e. The first-order valence-electron chi connectivity index (χ1n) is 4.79. The van der Waals surface area contributed by atoms with Gasteiger partial charge in [0.25, 0.3) is 5.56 Å². The Labute approximate surface area is 89.9 Å². The summed E-state index contributed by atoms with van der Waals surface area (Å²) in [6, 6.07) is 0.283. The molecule has 6 nitrogen and oxygen atoms in total. The van der Waals surface area contributed by atoms with Gasteiger partial charge < -0.3 is 5.32 Å². The molecule has 1 aromatic heterocycles. The fraction of sp³-hybridized carbons (Fsp3) is 0.625. The van der Waals surface area contributed by atoms with Gasteiger partial charge in [0, 0.05) is 6.04 Å². The van der Waals surface area contributed by atoms with Gasteiger partial charge in [-0.15, -0.1) is 5.10 Å². The first-order valence-corrected chi connectivity index (χ1v) is 5.94. The van der Waals surface area contributed by atoms with Crippen LogP contribution in [0.15, 0.2) is 9.59 Å². The molecular formula is C8H12N4O2S. The van der Waals surface area contributed by atoms with Crippen molar-refractivity contribution in [3.05, 3.63) is 20.8 Å². The molecule has 0 spiro atoms. The molecule has 0 unspecified atom stereocenters. The van der Waals surface area contributed by atoms with Gasteiger partial charge in [0.05, 0.1) is 0 Å². The fourth-order valence-electron chi connectivity index (χ4n) is 1.48. The van der Waals surface area contributed by atoms with E-state index in [1.54, 1.807) is 0 Å². The largest absolute Gasteiger partial charge is 0.361 e. The van der Waals surface area contributed by atoms with Crippen LogP contribution in [0.4, 0.5) is 5.82 Å². The van der Waals surface area contributed by atoms with Crippen LogP contribution < -0.4 is 16.6 Å². The van der Waals surface area contributed by atoms with Crippen LogP contribution in [0.1, 0.15) is 12.8 Å². The monoisotopic (exact) mass is 228 g/mol. The van der Waals surface area contributed by atoms with Crippen LogP contribution in [-0.2, 0) is 0 Å². The van der Waals surface area contributed by atoms with Crippen LogP contribution in [0.2, 0.25) is 0 Å². The molecule has 1 saturated heterocycles. The lowest BCUT2D eigenvalue weighted by Crippen LogP contribution is -2.32. The Morgan fingerprint density at radius 3 is 2.73 bits per heavy atom. The zero-order valence-electron chi connectivity index (χ0n) is 8.08. The zero-order valence-corrected chi connectivity index (χ0v) is 8.89. The maximum atomic E-state index is 11.3. The van der Waals surface area contributed by atoms with Crippen LogP contribution in [0, 0.1) is 0 Å². The van der Waals surface area contributed by atoms with Gasteiger partial charge >= 0.3 is 5.69 Å². The summed E-state index contributed by atoms with van der Waals surface area (Å²) < 4.78 is 0. The highest BCUT2D eigenvalue weighted by molar-refractivity contribution is 7.99. The third kappa shape index (κ3) is 2.62. The summed E-state index contributed by atoms with van der Waals surface area (Å²) in [5.74, 6) is 2.39. The molecule has 1 aromatic rings. The predicted molar refractivity (Wildman–Crippen MR) is 59.4 cm³/mol. The topological polar surface area (TPSA) is 90.6 Å². The van der Waals surface area contributed by atoms with E-state index in [4.69, 9.17) is 0 Å². The Balaban J connectivity index is 2.09. The van der Waals surface area contributed by atoms with Crippen LogP contribution in [0.25, 0.3) is 0 Å². The molecule has 0 aromatic carbocycles. The van der Waals surface area contributed by atoms with Gasteiger partial charge in [-0.05, 0) is 24.3 Å². The average Bonchev–Trinajstić information content (AvgIpc) is 2.24. The van der Waals surface area contributed by atoms with Crippen molar-refractivity contribution in [1.29, 1.82) is 0 Å². The molecule has 0 atom stereocenters. The summed E-state index contributed by atoms with van der Waals surface area (Å²) in [6.45, 7) is 0. The number of thioether (sulfide) groups is 1. The minimum atomic E-state index is -0.579. The number of aromatic nitrogens is 3. The van der Waals surface area contributed by atoms with E-state index in [2.05, 4.69) is 20.5 Å². The van der Waals surface area contributed by atoms with E-state index in [0.717, 1.165) is 24.3 Å². The zero-order chi connectivity index (χ0) is 10.7. The molecule has 0 bridgehead atoms. The second kappa shape index (κ2) is 4.52. The van der Waals surface area contributed by atoms with Gasteiger partial charge in [0.2, 0.25) is 5.82 Å². The molecule has 15 heavy (non-hydrogen) atoms. The molecule has 7 heteroatoms. The number of nitrogens with one attached hydrogen (secondary N) is 3. The summed E-state index contributed by atoms with van der Waals surface area (Å²) in [5.41, 5.74) is -1.04.